The van der Waals surface area contributed by atoms with E-state index >= 15 is 0 Å². The Hall–Kier alpha value is -1.71. The summed E-state index contributed by atoms with van der Waals surface area (Å²) in [6, 6.07) is 3.78. The predicted octanol–water partition coefficient (Wildman–Crippen LogP) is 1.00. The molecule has 1 heterocycles. The first kappa shape index (κ1) is 19.6. The number of halogens is 1. The number of nitrogens with zero attached hydrogens (tertiary/aromatic N) is 1. The Morgan fingerprint density at radius 3 is 2.64 bits per heavy atom. The van der Waals surface area contributed by atoms with Gasteiger partial charge in [-0.15, -0.1) is 0 Å². The zero-order chi connectivity index (χ0) is 18.4. The molecule has 0 aliphatic carbocycles. The Kier molecular flexibility index (Phi) is 6.74. The molecule has 1 aromatic carbocycles. The third kappa shape index (κ3) is 5.38. The van der Waals surface area contributed by atoms with E-state index in [0.717, 1.165) is 12.3 Å². The van der Waals surface area contributed by atoms with Gasteiger partial charge in [-0.05, 0) is 31.0 Å². The zero-order valence-corrected chi connectivity index (χ0v) is 15.1. The smallest absolute Gasteiger partial charge is 0.251 e. The molecule has 0 unspecified atom stereocenters. The molecule has 1 aliphatic heterocycles. The SMILES string of the molecule is COc1ccc(C(=O)NCCN(C2CCOCC2)S(C)(=O)=O)cc1F. The number of methoxy groups -OCH3 is 1. The standard InChI is InChI=1S/C16H23FN2O5S/c1-23-15-4-3-12(11-14(15)17)16(20)18-7-8-19(25(2,21)22)13-5-9-24-10-6-13/h3-4,11,13H,5-10H2,1-2H3,(H,18,20). The highest BCUT2D eigenvalue weighted by molar-refractivity contribution is 7.88. The summed E-state index contributed by atoms with van der Waals surface area (Å²) in [5.74, 6) is -1.04. The van der Waals surface area contributed by atoms with E-state index in [-0.39, 0.29) is 30.4 Å². The molecule has 0 radical (unpaired) electrons. The minimum absolute atomic E-state index is 0.0549. The summed E-state index contributed by atoms with van der Waals surface area (Å²) in [5.41, 5.74) is 0.148. The van der Waals surface area contributed by atoms with Crippen LogP contribution >= 0.6 is 0 Å². The highest BCUT2D eigenvalue weighted by Crippen LogP contribution is 2.18. The Morgan fingerprint density at radius 1 is 1.40 bits per heavy atom. The maximum Gasteiger partial charge on any atom is 0.251 e. The Labute approximate surface area is 147 Å². The number of ether oxygens (including phenoxy) is 2. The fourth-order valence-electron chi connectivity index (χ4n) is 2.78. The Bertz CT molecular complexity index is 704. The minimum atomic E-state index is -3.39. The van der Waals surface area contributed by atoms with Crippen molar-refractivity contribution in [2.75, 3.05) is 39.7 Å². The van der Waals surface area contributed by atoms with E-state index in [2.05, 4.69) is 5.32 Å². The van der Waals surface area contributed by atoms with E-state index in [1.165, 1.54) is 23.5 Å². The zero-order valence-electron chi connectivity index (χ0n) is 14.3. The summed E-state index contributed by atoms with van der Waals surface area (Å²) < 4.78 is 49.1. The van der Waals surface area contributed by atoms with Gasteiger partial charge in [-0.1, -0.05) is 0 Å². The summed E-state index contributed by atoms with van der Waals surface area (Å²) in [7, 11) is -2.05. The lowest BCUT2D eigenvalue weighted by molar-refractivity contribution is 0.0585. The van der Waals surface area contributed by atoms with Gasteiger partial charge in [0.2, 0.25) is 10.0 Å². The van der Waals surface area contributed by atoms with Gasteiger partial charge in [-0.25, -0.2) is 12.8 Å². The molecular weight excluding hydrogens is 351 g/mol. The summed E-state index contributed by atoms with van der Waals surface area (Å²) in [6.45, 7) is 1.34. The van der Waals surface area contributed by atoms with Crippen LogP contribution < -0.4 is 10.1 Å². The Morgan fingerprint density at radius 2 is 2.08 bits per heavy atom. The lowest BCUT2D eigenvalue weighted by Crippen LogP contribution is -2.46. The van der Waals surface area contributed by atoms with Crippen LogP contribution in [0.15, 0.2) is 18.2 Å². The minimum Gasteiger partial charge on any atom is -0.494 e. The van der Waals surface area contributed by atoms with Gasteiger partial charge in [0, 0.05) is 37.9 Å². The average Bonchev–Trinajstić information content (AvgIpc) is 2.58. The molecule has 140 valence electrons. The van der Waals surface area contributed by atoms with Crippen molar-refractivity contribution in [3.8, 4) is 5.75 Å². The molecule has 7 nitrogen and oxygen atoms in total. The number of rotatable bonds is 7. The van der Waals surface area contributed by atoms with E-state index in [1.807, 2.05) is 0 Å². The highest BCUT2D eigenvalue weighted by atomic mass is 32.2. The molecule has 25 heavy (non-hydrogen) atoms. The van der Waals surface area contributed by atoms with Crippen molar-refractivity contribution in [3.05, 3.63) is 29.6 Å². The van der Waals surface area contributed by atoms with Crippen molar-refractivity contribution in [1.29, 1.82) is 0 Å². The molecule has 0 spiro atoms. The van der Waals surface area contributed by atoms with Crippen LogP contribution in [0, 0.1) is 5.82 Å². The van der Waals surface area contributed by atoms with Crippen molar-refractivity contribution in [2.24, 2.45) is 0 Å². The highest BCUT2D eigenvalue weighted by Gasteiger charge is 2.28. The molecule has 1 amide bonds. The van der Waals surface area contributed by atoms with Crippen LogP contribution in [0.1, 0.15) is 23.2 Å². The van der Waals surface area contributed by atoms with Crippen molar-refractivity contribution in [2.45, 2.75) is 18.9 Å². The number of benzene rings is 1. The molecule has 0 bridgehead atoms. The van der Waals surface area contributed by atoms with Gasteiger partial charge < -0.3 is 14.8 Å². The number of sulfonamides is 1. The maximum absolute atomic E-state index is 13.7. The molecule has 0 saturated carbocycles. The molecule has 1 fully saturated rings. The predicted molar refractivity (Wildman–Crippen MR) is 90.7 cm³/mol. The Balaban J connectivity index is 1.94. The van der Waals surface area contributed by atoms with Crippen LogP contribution in [-0.4, -0.2) is 64.3 Å². The molecule has 1 N–H and O–H groups in total. The fraction of sp³-hybridized carbons (Fsp3) is 0.562. The lowest BCUT2D eigenvalue weighted by atomic mass is 10.1. The first-order valence-corrected chi connectivity index (χ1v) is 9.84. The van der Waals surface area contributed by atoms with Crippen LogP contribution in [0.2, 0.25) is 0 Å². The number of hydrogen-bond donors (Lipinski definition) is 1. The largest absolute Gasteiger partial charge is 0.494 e. The van der Waals surface area contributed by atoms with Crippen LogP contribution in [-0.2, 0) is 14.8 Å². The van der Waals surface area contributed by atoms with Crippen molar-refractivity contribution in [1.82, 2.24) is 9.62 Å². The topological polar surface area (TPSA) is 84.9 Å². The van der Waals surface area contributed by atoms with Gasteiger partial charge >= 0.3 is 0 Å². The number of carbonyl (C=O) groups excluding carboxylic acids is 1. The van der Waals surface area contributed by atoms with Crippen LogP contribution in [0.3, 0.4) is 0 Å². The van der Waals surface area contributed by atoms with E-state index in [0.29, 0.717) is 26.1 Å². The van der Waals surface area contributed by atoms with Gasteiger partial charge in [-0.2, -0.15) is 4.31 Å². The number of nitrogens with one attached hydrogen (secondary N) is 1. The second kappa shape index (κ2) is 8.59. The van der Waals surface area contributed by atoms with E-state index < -0.39 is 21.7 Å². The first-order chi connectivity index (χ1) is 11.8. The third-order valence-corrected chi connectivity index (χ3v) is 5.39. The van der Waals surface area contributed by atoms with Crippen LogP contribution in [0.4, 0.5) is 4.39 Å². The van der Waals surface area contributed by atoms with Crippen LogP contribution in [0.25, 0.3) is 0 Å². The molecule has 0 atom stereocenters. The summed E-state index contributed by atoms with van der Waals surface area (Å²) in [5, 5.41) is 2.62. The van der Waals surface area contributed by atoms with E-state index in [1.54, 1.807) is 0 Å². The van der Waals surface area contributed by atoms with Crippen molar-refractivity contribution in [3.63, 3.8) is 0 Å². The number of hydrogen-bond acceptors (Lipinski definition) is 5. The monoisotopic (exact) mass is 374 g/mol. The van der Waals surface area contributed by atoms with Gasteiger partial charge in [0.15, 0.2) is 11.6 Å². The van der Waals surface area contributed by atoms with Crippen molar-refractivity contribution < 1.29 is 27.1 Å². The summed E-state index contributed by atoms with van der Waals surface area (Å²) in [6.07, 6.45) is 2.42. The molecule has 2 rings (SSSR count). The van der Waals surface area contributed by atoms with Crippen molar-refractivity contribution >= 4 is 15.9 Å². The average molecular weight is 374 g/mol. The fourth-order valence-corrected chi connectivity index (χ4v) is 3.96. The summed E-state index contributed by atoms with van der Waals surface area (Å²) in [4.78, 5) is 12.1. The second-order valence-corrected chi connectivity index (χ2v) is 7.76. The molecular formula is C16H23FN2O5S. The maximum atomic E-state index is 13.7. The molecule has 9 heteroatoms. The van der Waals surface area contributed by atoms with E-state index in [4.69, 9.17) is 9.47 Å². The van der Waals surface area contributed by atoms with Gasteiger partial charge in [0.25, 0.3) is 5.91 Å². The second-order valence-electron chi connectivity index (χ2n) is 5.82. The molecule has 0 aromatic heterocycles. The normalized spacial score (nSPS) is 16.0. The van der Waals surface area contributed by atoms with E-state index in [9.17, 15) is 17.6 Å². The van der Waals surface area contributed by atoms with Gasteiger partial charge in [0.1, 0.15) is 0 Å². The lowest BCUT2D eigenvalue weighted by Gasteiger charge is -2.32. The van der Waals surface area contributed by atoms with Gasteiger partial charge in [-0.3, -0.25) is 4.79 Å². The summed E-state index contributed by atoms with van der Waals surface area (Å²) >= 11 is 0. The molecule has 1 aromatic rings. The third-order valence-electron chi connectivity index (χ3n) is 4.06. The number of carbonyl (C=O) groups is 1. The number of amides is 1. The first-order valence-electron chi connectivity index (χ1n) is 7.99. The van der Waals surface area contributed by atoms with Crippen LogP contribution in [0.5, 0.6) is 5.75 Å². The quantitative estimate of drug-likeness (QED) is 0.770. The molecule has 1 aliphatic rings. The van der Waals surface area contributed by atoms with Gasteiger partial charge in [0.05, 0.1) is 13.4 Å². The molecule has 1 saturated heterocycles.